The number of amides is 1. The SMILES string of the molecule is CNc1ccc(C(=O)N(C)Cc2ncc[nH]2)cc1[N+](=O)[O-]. The van der Waals surface area contributed by atoms with Crippen molar-refractivity contribution in [2.45, 2.75) is 6.54 Å². The van der Waals surface area contributed by atoms with E-state index in [1.807, 2.05) is 0 Å². The highest BCUT2D eigenvalue weighted by Crippen LogP contribution is 2.25. The molecule has 0 radical (unpaired) electrons. The van der Waals surface area contributed by atoms with E-state index in [4.69, 9.17) is 0 Å². The molecule has 0 unspecified atom stereocenters. The molecule has 0 aliphatic heterocycles. The minimum Gasteiger partial charge on any atom is -0.383 e. The van der Waals surface area contributed by atoms with Crippen LogP contribution < -0.4 is 5.32 Å². The molecule has 1 aromatic heterocycles. The van der Waals surface area contributed by atoms with Crippen molar-refractivity contribution in [2.75, 3.05) is 19.4 Å². The monoisotopic (exact) mass is 289 g/mol. The summed E-state index contributed by atoms with van der Waals surface area (Å²) in [5.74, 6) is 0.337. The van der Waals surface area contributed by atoms with Crippen LogP contribution in [0.4, 0.5) is 11.4 Å². The van der Waals surface area contributed by atoms with Crippen LogP contribution in [0.5, 0.6) is 0 Å². The molecular formula is C13H15N5O3. The van der Waals surface area contributed by atoms with Gasteiger partial charge in [-0.3, -0.25) is 14.9 Å². The third-order valence-corrected chi connectivity index (χ3v) is 3.00. The fraction of sp³-hybridized carbons (Fsp3) is 0.231. The number of carbonyl (C=O) groups excluding carboxylic acids is 1. The molecular weight excluding hydrogens is 274 g/mol. The lowest BCUT2D eigenvalue weighted by atomic mass is 10.1. The number of aromatic nitrogens is 2. The summed E-state index contributed by atoms with van der Waals surface area (Å²) in [4.78, 5) is 31.2. The standard InChI is InChI=1S/C13H15N5O3/c1-14-10-4-3-9(7-11(10)18(20)21)13(19)17(2)8-12-15-5-6-16-12/h3-7,14H,8H2,1-2H3,(H,15,16). The summed E-state index contributed by atoms with van der Waals surface area (Å²) in [6.07, 6.45) is 3.26. The molecule has 8 nitrogen and oxygen atoms in total. The van der Waals surface area contributed by atoms with Crippen LogP contribution in [0, 0.1) is 10.1 Å². The van der Waals surface area contributed by atoms with E-state index < -0.39 is 4.92 Å². The van der Waals surface area contributed by atoms with Crippen LogP contribution in [0.25, 0.3) is 0 Å². The van der Waals surface area contributed by atoms with Gasteiger partial charge in [-0.2, -0.15) is 0 Å². The molecule has 0 saturated heterocycles. The molecule has 0 spiro atoms. The van der Waals surface area contributed by atoms with Gasteiger partial charge < -0.3 is 15.2 Å². The van der Waals surface area contributed by atoms with E-state index in [-0.39, 0.29) is 17.2 Å². The molecule has 8 heteroatoms. The lowest BCUT2D eigenvalue weighted by Crippen LogP contribution is -2.26. The predicted octanol–water partition coefficient (Wildman–Crippen LogP) is 1.63. The first-order valence-electron chi connectivity index (χ1n) is 6.23. The number of carbonyl (C=O) groups is 1. The summed E-state index contributed by atoms with van der Waals surface area (Å²) in [6, 6.07) is 4.35. The molecule has 0 aliphatic rings. The molecule has 2 rings (SSSR count). The first-order valence-corrected chi connectivity index (χ1v) is 6.23. The van der Waals surface area contributed by atoms with Crippen molar-refractivity contribution in [3.63, 3.8) is 0 Å². The summed E-state index contributed by atoms with van der Waals surface area (Å²) >= 11 is 0. The van der Waals surface area contributed by atoms with Crippen molar-refractivity contribution >= 4 is 17.3 Å². The van der Waals surface area contributed by atoms with E-state index in [9.17, 15) is 14.9 Å². The summed E-state index contributed by atoms with van der Waals surface area (Å²) in [5.41, 5.74) is 0.495. The normalized spacial score (nSPS) is 10.2. The van der Waals surface area contributed by atoms with Gasteiger partial charge in [0.1, 0.15) is 11.5 Å². The number of H-pyrrole nitrogens is 1. The topological polar surface area (TPSA) is 104 Å². The van der Waals surface area contributed by atoms with Crippen LogP contribution in [0.3, 0.4) is 0 Å². The Morgan fingerprint density at radius 2 is 2.29 bits per heavy atom. The van der Waals surface area contributed by atoms with Crippen molar-refractivity contribution in [1.82, 2.24) is 14.9 Å². The Hall–Kier alpha value is -2.90. The zero-order valence-electron chi connectivity index (χ0n) is 11.7. The summed E-state index contributed by atoms with van der Waals surface area (Å²) in [7, 11) is 3.20. The smallest absolute Gasteiger partial charge is 0.293 e. The Labute approximate surface area is 121 Å². The zero-order valence-corrected chi connectivity index (χ0v) is 11.7. The molecule has 1 amide bonds. The van der Waals surface area contributed by atoms with Gasteiger partial charge >= 0.3 is 0 Å². The van der Waals surface area contributed by atoms with Gasteiger partial charge in [0.15, 0.2) is 0 Å². The molecule has 0 fully saturated rings. The van der Waals surface area contributed by atoms with Crippen LogP contribution in [0.1, 0.15) is 16.2 Å². The number of nitro groups is 1. The van der Waals surface area contributed by atoms with Gasteiger partial charge in [0.2, 0.25) is 0 Å². The fourth-order valence-corrected chi connectivity index (χ4v) is 1.93. The van der Waals surface area contributed by atoms with Gasteiger partial charge in [-0.15, -0.1) is 0 Å². The Morgan fingerprint density at radius 3 is 2.86 bits per heavy atom. The quantitative estimate of drug-likeness (QED) is 0.643. The Morgan fingerprint density at radius 1 is 1.52 bits per heavy atom. The largest absolute Gasteiger partial charge is 0.383 e. The summed E-state index contributed by atoms with van der Waals surface area (Å²) < 4.78 is 0. The molecule has 21 heavy (non-hydrogen) atoms. The first-order chi connectivity index (χ1) is 10.0. The maximum Gasteiger partial charge on any atom is 0.293 e. The van der Waals surface area contributed by atoms with Crippen LogP contribution in [-0.2, 0) is 6.54 Å². The molecule has 0 aliphatic carbocycles. The van der Waals surface area contributed by atoms with E-state index in [0.717, 1.165) is 0 Å². The number of hydrogen-bond acceptors (Lipinski definition) is 5. The van der Waals surface area contributed by atoms with E-state index in [1.54, 1.807) is 32.6 Å². The Balaban J connectivity index is 2.22. The number of aromatic amines is 1. The van der Waals surface area contributed by atoms with Crippen LogP contribution in [0.2, 0.25) is 0 Å². The van der Waals surface area contributed by atoms with Gasteiger partial charge in [0.05, 0.1) is 11.5 Å². The second-order valence-electron chi connectivity index (χ2n) is 4.44. The van der Waals surface area contributed by atoms with Crippen molar-refractivity contribution in [1.29, 1.82) is 0 Å². The van der Waals surface area contributed by atoms with Gasteiger partial charge in [0, 0.05) is 38.1 Å². The molecule has 2 aromatic rings. The number of nitrogens with zero attached hydrogens (tertiary/aromatic N) is 3. The van der Waals surface area contributed by atoms with Crippen molar-refractivity contribution in [2.24, 2.45) is 0 Å². The number of anilines is 1. The van der Waals surface area contributed by atoms with Crippen LogP contribution in [-0.4, -0.2) is 39.8 Å². The molecule has 110 valence electrons. The first kappa shape index (κ1) is 14.5. The minimum atomic E-state index is -0.519. The number of nitrogens with one attached hydrogen (secondary N) is 2. The molecule has 2 N–H and O–H groups in total. The Bertz CT molecular complexity index is 654. The second-order valence-corrected chi connectivity index (χ2v) is 4.44. The van der Waals surface area contributed by atoms with E-state index >= 15 is 0 Å². The fourth-order valence-electron chi connectivity index (χ4n) is 1.93. The van der Waals surface area contributed by atoms with Gasteiger partial charge in [-0.05, 0) is 12.1 Å². The summed E-state index contributed by atoms with van der Waals surface area (Å²) in [6.45, 7) is 0.299. The van der Waals surface area contributed by atoms with Crippen molar-refractivity contribution < 1.29 is 9.72 Å². The predicted molar refractivity (Wildman–Crippen MR) is 77.0 cm³/mol. The van der Waals surface area contributed by atoms with Crippen molar-refractivity contribution in [3.05, 3.63) is 52.1 Å². The maximum absolute atomic E-state index is 12.3. The molecule has 0 bridgehead atoms. The second kappa shape index (κ2) is 6.04. The molecule has 1 heterocycles. The van der Waals surface area contributed by atoms with Crippen LogP contribution >= 0.6 is 0 Å². The average Bonchev–Trinajstić information content (AvgIpc) is 2.98. The molecule has 1 aromatic carbocycles. The zero-order chi connectivity index (χ0) is 15.4. The number of hydrogen-bond donors (Lipinski definition) is 2. The summed E-state index contributed by atoms with van der Waals surface area (Å²) in [5, 5.41) is 13.7. The van der Waals surface area contributed by atoms with E-state index in [1.165, 1.54) is 17.0 Å². The highest BCUT2D eigenvalue weighted by Gasteiger charge is 2.19. The lowest BCUT2D eigenvalue weighted by molar-refractivity contribution is -0.384. The molecule has 0 atom stereocenters. The third kappa shape index (κ3) is 3.16. The van der Waals surface area contributed by atoms with E-state index in [0.29, 0.717) is 18.1 Å². The number of rotatable bonds is 5. The van der Waals surface area contributed by atoms with Crippen LogP contribution in [0.15, 0.2) is 30.6 Å². The number of nitro benzene ring substituents is 1. The van der Waals surface area contributed by atoms with Gasteiger partial charge in [-0.1, -0.05) is 0 Å². The van der Waals surface area contributed by atoms with Gasteiger partial charge in [-0.25, -0.2) is 4.98 Å². The number of benzene rings is 1. The minimum absolute atomic E-state index is 0.130. The highest BCUT2D eigenvalue weighted by atomic mass is 16.6. The van der Waals surface area contributed by atoms with Gasteiger partial charge in [0.25, 0.3) is 11.6 Å². The third-order valence-electron chi connectivity index (χ3n) is 3.00. The lowest BCUT2D eigenvalue weighted by Gasteiger charge is -2.16. The van der Waals surface area contributed by atoms with E-state index in [2.05, 4.69) is 15.3 Å². The van der Waals surface area contributed by atoms with Crippen molar-refractivity contribution in [3.8, 4) is 0 Å². The number of imidazole rings is 1. The average molecular weight is 289 g/mol. The molecule has 0 saturated carbocycles. The highest BCUT2D eigenvalue weighted by molar-refractivity contribution is 5.95. The maximum atomic E-state index is 12.3. The Kier molecular flexibility index (Phi) is 4.17.